The van der Waals surface area contributed by atoms with Gasteiger partial charge >= 0.3 is 6.18 Å². The lowest BCUT2D eigenvalue weighted by Crippen LogP contribution is -2.39. The predicted molar refractivity (Wildman–Crippen MR) is 76.4 cm³/mol. The van der Waals surface area contributed by atoms with Crippen molar-refractivity contribution >= 4 is 23.2 Å². The second-order valence-corrected chi connectivity index (χ2v) is 6.32. The quantitative estimate of drug-likeness (QED) is 0.868. The lowest BCUT2D eigenvalue weighted by Gasteiger charge is -2.18. The number of likely N-dealkylation sites (tertiary alicyclic amines) is 1. The zero-order valence-corrected chi connectivity index (χ0v) is 12.7. The van der Waals surface area contributed by atoms with Crippen molar-refractivity contribution in [3.63, 3.8) is 0 Å². The highest BCUT2D eigenvalue weighted by molar-refractivity contribution is 7.09. The highest BCUT2D eigenvalue weighted by atomic mass is 32.1. The van der Waals surface area contributed by atoms with Crippen LogP contribution in [0.4, 0.5) is 13.2 Å². The van der Waals surface area contributed by atoms with Crippen LogP contribution in [0, 0.1) is 0 Å². The summed E-state index contributed by atoms with van der Waals surface area (Å²) < 4.78 is 36.9. The summed E-state index contributed by atoms with van der Waals surface area (Å²) in [5, 5.41) is 4.61. The summed E-state index contributed by atoms with van der Waals surface area (Å²) in [6.45, 7) is -1.33. The fourth-order valence-electron chi connectivity index (χ4n) is 2.42. The third kappa shape index (κ3) is 5.32. The Hall–Kier alpha value is -1.57. The Labute approximate surface area is 130 Å². The summed E-state index contributed by atoms with van der Waals surface area (Å²) in [5.74, 6) is -0.788. The molecule has 1 aromatic rings. The van der Waals surface area contributed by atoms with Crippen LogP contribution in [0.5, 0.6) is 0 Å². The van der Waals surface area contributed by atoms with Gasteiger partial charge in [0.05, 0.1) is 6.04 Å². The molecule has 4 nitrogen and oxygen atoms in total. The van der Waals surface area contributed by atoms with Crippen molar-refractivity contribution in [2.24, 2.45) is 0 Å². The second-order valence-electron chi connectivity index (χ2n) is 5.29. The second kappa shape index (κ2) is 7.13. The Bertz CT molecular complexity index is 517. The molecule has 22 heavy (non-hydrogen) atoms. The van der Waals surface area contributed by atoms with Crippen LogP contribution < -0.4 is 5.32 Å². The molecule has 1 aliphatic heterocycles. The van der Waals surface area contributed by atoms with Gasteiger partial charge in [0.15, 0.2) is 0 Å². The molecule has 0 radical (unpaired) electrons. The van der Waals surface area contributed by atoms with Gasteiger partial charge in [0.2, 0.25) is 11.8 Å². The molecule has 2 rings (SSSR count). The smallest absolute Gasteiger partial charge is 0.351 e. The average Bonchev–Trinajstić information content (AvgIpc) is 2.99. The molecule has 1 saturated heterocycles. The van der Waals surface area contributed by atoms with Crippen LogP contribution in [0.25, 0.3) is 0 Å². The number of nitrogens with one attached hydrogen (secondary N) is 1. The molecule has 0 bridgehead atoms. The zero-order chi connectivity index (χ0) is 16.2. The number of carbonyl (C=O) groups is 2. The maximum absolute atomic E-state index is 12.3. The Kier molecular flexibility index (Phi) is 5.44. The van der Waals surface area contributed by atoms with E-state index in [9.17, 15) is 22.8 Å². The lowest BCUT2D eigenvalue weighted by molar-refractivity contribution is -0.157. The fraction of sp³-hybridized carbons (Fsp3) is 0.571. The van der Waals surface area contributed by atoms with Crippen LogP contribution in [0.1, 0.15) is 24.1 Å². The number of rotatable bonds is 6. The molecular weight excluding hydrogens is 317 g/mol. The van der Waals surface area contributed by atoms with Gasteiger partial charge in [-0.15, -0.1) is 11.3 Å². The third-order valence-corrected chi connectivity index (χ3v) is 4.29. The van der Waals surface area contributed by atoms with E-state index in [-0.39, 0.29) is 18.9 Å². The number of aryl methyl sites for hydroxylation is 1. The SMILES string of the molecule is O=C(CCCc1cccs1)N[C@@H]1CC(=O)N(CC(F)(F)F)C1. The summed E-state index contributed by atoms with van der Waals surface area (Å²) in [6.07, 6.45) is -2.68. The van der Waals surface area contributed by atoms with E-state index in [1.54, 1.807) is 11.3 Å². The molecule has 1 aliphatic rings. The molecular formula is C14H17F3N2O2S. The Morgan fingerprint density at radius 2 is 2.23 bits per heavy atom. The molecule has 1 N–H and O–H groups in total. The van der Waals surface area contributed by atoms with Gasteiger partial charge in [-0.2, -0.15) is 13.2 Å². The van der Waals surface area contributed by atoms with Crippen molar-refractivity contribution < 1.29 is 22.8 Å². The van der Waals surface area contributed by atoms with Crippen LogP contribution in [-0.2, 0) is 16.0 Å². The molecule has 1 atom stereocenters. The minimum Gasteiger partial charge on any atom is -0.351 e. The molecule has 8 heteroatoms. The number of thiophene rings is 1. The summed E-state index contributed by atoms with van der Waals surface area (Å²) in [7, 11) is 0. The summed E-state index contributed by atoms with van der Waals surface area (Å²) in [4.78, 5) is 25.2. The fourth-order valence-corrected chi connectivity index (χ4v) is 3.17. The van der Waals surface area contributed by atoms with Crippen molar-refractivity contribution in [2.45, 2.75) is 37.9 Å². The first-order valence-electron chi connectivity index (χ1n) is 7.00. The van der Waals surface area contributed by atoms with Gasteiger partial charge < -0.3 is 10.2 Å². The Balaban J connectivity index is 1.70. The highest BCUT2D eigenvalue weighted by Crippen LogP contribution is 2.21. The van der Waals surface area contributed by atoms with E-state index < -0.39 is 24.7 Å². The van der Waals surface area contributed by atoms with E-state index in [0.717, 1.165) is 11.3 Å². The highest BCUT2D eigenvalue weighted by Gasteiger charge is 2.38. The number of alkyl halides is 3. The number of nitrogens with zero attached hydrogens (tertiary/aromatic N) is 1. The van der Waals surface area contributed by atoms with E-state index in [4.69, 9.17) is 0 Å². The van der Waals surface area contributed by atoms with Gasteiger partial charge in [0, 0.05) is 24.3 Å². The topological polar surface area (TPSA) is 49.4 Å². The molecule has 2 heterocycles. The van der Waals surface area contributed by atoms with Crippen molar-refractivity contribution in [2.75, 3.05) is 13.1 Å². The van der Waals surface area contributed by atoms with E-state index in [2.05, 4.69) is 5.32 Å². The molecule has 1 fully saturated rings. The van der Waals surface area contributed by atoms with Gasteiger partial charge in [-0.1, -0.05) is 6.07 Å². The number of carbonyl (C=O) groups excluding carboxylic acids is 2. The lowest BCUT2D eigenvalue weighted by atomic mass is 10.2. The number of hydrogen-bond acceptors (Lipinski definition) is 3. The standard InChI is InChI=1S/C14H17F3N2O2S/c15-14(16,17)9-19-8-10(7-13(19)21)18-12(20)5-1-3-11-4-2-6-22-11/h2,4,6,10H,1,3,5,7-9H2,(H,18,20)/t10-/m1/s1. The van der Waals surface area contributed by atoms with Crippen LogP contribution in [0.2, 0.25) is 0 Å². The van der Waals surface area contributed by atoms with Crippen molar-refractivity contribution in [1.82, 2.24) is 10.2 Å². The minimum absolute atomic E-state index is 0.0628. The molecule has 0 aliphatic carbocycles. The average molecular weight is 334 g/mol. The van der Waals surface area contributed by atoms with Gasteiger partial charge in [0.25, 0.3) is 0 Å². The van der Waals surface area contributed by atoms with Crippen LogP contribution >= 0.6 is 11.3 Å². The van der Waals surface area contributed by atoms with Gasteiger partial charge in [-0.3, -0.25) is 9.59 Å². The maximum Gasteiger partial charge on any atom is 0.406 e. The normalized spacial score (nSPS) is 18.8. The predicted octanol–water partition coefficient (Wildman–Crippen LogP) is 2.35. The zero-order valence-electron chi connectivity index (χ0n) is 11.9. The molecule has 0 saturated carbocycles. The van der Waals surface area contributed by atoms with Crippen molar-refractivity contribution in [3.05, 3.63) is 22.4 Å². The van der Waals surface area contributed by atoms with Crippen molar-refractivity contribution in [3.8, 4) is 0 Å². The van der Waals surface area contributed by atoms with E-state index in [1.807, 2.05) is 17.5 Å². The molecule has 1 aromatic heterocycles. The first-order chi connectivity index (χ1) is 10.3. The van der Waals surface area contributed by atoms with Crippen LogP contribution in [0.3, 0.4) is 0 Å². The number of halogens is 3. The van der Waals surface area contributed by atoms with Crippen molar-refractivity contribution in [1.29, 1.82) is 0 Å². The Morgan fingerprint density at radius 1 is 1.45 bits per heavy atom. The van der Waals surface area contributed by atoms with Crippen LogP contribution in [0.15, 0.2) is 17.5 Å². The van der Waals surface area contributed by atoms with E-state index in [1.165, 1.54) is 4.88 Å². The van der Waals surface area contributed by atoms with Gasteiger partial charge in [-0.25, -0.2) is 0 Å². The summed E-state index contributed by atoms with van der Waals surface area (Å²) in [6, 6.07) is 3.41. The summed E-state index contributed by atoms with van der Waals surface area (Å²) in [5.41, 5.74) is 0. The summed E-state index contributed by atoms with van der Waals surface area (Å²) >= 11 is 1.62. The molecule has 2 amide bonds. The third-order valence-electron chi connectivity index (χ3n) is 3.36. The first-order valence-corrected chi connectivity index (χ1v) is 7.88. The molecule has 0 unspecified atom stereocenters. The Morgan fingerprint density at radius 3 is 2.86 bits per heavy atom. The minimum atomic E-state index is -4.41. The molecule has 122 valence electrons. The maximum atomic E-state index is 12.3. The molecule has 0 spiro atoms. The van der Waals surface area contributed by atoms with E-state index in [0.29, 0.717) is 12.8 Å². The van der Waals surface area contributed by atoms with E-state index >= 15 is 0 Å². The first kappa shape index (κ1) is 16.8. The van der Waals surface area contributed by atoms with Gasteiger partial charge in [0.1, 0.15) is 6.54 Å². The molecule has 0 aromatic carbocycles. The monoisotopic (exact) mass is 334 g/mol. The largest absolute Gasteiger partial charge is 0.406 e. The number of hydrogen-bond donors (Lipinski definition) is 1. The number of amides is 2. The van der Waals surface area contributed by atoms with Gasteiger partial charge in [-0.05, 0) is 24.3 Å². The van der Waals surface area contributed by atoms with Crippen LogP contribution in [-0.4, -0.2) is 42.0 Å².